The van der Waals surface area contributed by atoms with Crippen LogP contribution in [-0.4, -0.2) is 32.8 Å². The van der Waals surface area contributed by atoms with Crippen molar-refractivity contribution in [3.05, 3.63) is 41.7 Å². The molecule has 2 rings (SSSR count). The van der Waals surface area contributed by atoms with E-state index in [1.165, 1.54) is 10.7 Å². The van der Waals surface area contributed by atoms with Crippen LogP contribution in [0.5, 0.6) is 0 Å². The van der Waals surface area contributed by atoms with E-state index in [1.54, 1.807) is 18.2 Å². The molecule has 1 unspecified atom stereocenters. The van der Waals surface area contributed by atoms with E-state index in [4.69, 9.17) is 5.73 Å². The average Bonchev–Trinajstić information content (AvgIpc) is 3.00. The Morgan fingerprint density at radius 1 is 1.31 bits per heavy atom. The highest BCUT2D eigenvalue weighted by Crippen LogP contribution is 2.20. The largest absolute Gasteiger partial charge is 0.343 e. The van der Waals surface area contributed by atoms with E-state index in [2.05, 4.69) is 29.2 Å². The average molecular weight is 361 g/mol. The van der Waals surface area contributed by atoms with Crippen molar-refractivity contribution in [3.63, 3.8) is 0 Å². The lowest BCUT2D eigenvalue weighted by molar-refractivity contribution is 0.0887. The molecule has 0 aliphatic carbocycles. The zero-order valence-electron chi connectivity index (χ0n) is 16.1. The molecule has 0 aliphatic rings. The van der Waals surface area contributed by atoms with Gasteiger partial charge in [-0.2, -0.15) is 0 Å². The van der Waals surface area contributed by atoms with Crippen molar-refractivity contribution < 1.29 is 9.18 Å². The third kappa shape index (κ3) is 4.46. The van der Waals surface area contributed by atoms with Gasteiger partial charge in [0.25, 0.3) is 5.91 Å². The molecule has 7 heteroatoms. The van der Waals surface area contributed by atoms with Gasteiger partial charge in [-0.15, -0.1) is 5.10 Å². The van der Waals surface area contributed by atoms with E-state index in [0.29, 0.717) is 18.3 Å². The Morgan fingerprint density at radius 2 is 1.96 bits per heavy atom. The van der Waals surface area contributed by atoms with E-state index in [9.17, 15) is 9.18 Å². The second-order valence-electron chi connectivity index (χ2n) is 7.63. The number of carbonyl (C=O) groups excluding carboxylic acids is 1. The number of halogens is 1. The van der Waals surface area contributed by atoms with Crippen LogP contribution in [0.4, 0.5) is 4.39 Å². The Labute approximate surface area is 154 Å². The molecule has 1 aromatic heterocycles. The molecule has 1 heterocycles. The molecule has 0 aliphatic heterocycles. The van der Waals surface area contributed by atoms with E-state index in [1.807, 2.05) is 20.8 Å². The number of aromatic nitrogens is 3. The van der Waals surface area contributed by atoms with Crippen molar-refractivity contribution in [3.8, 4) is 5.69 Å². The smallest absolute Gasteiger partial charge is 0.291 e. The highest BCUT2D eigenvalue weighted by molar-refractivity contribution is 5.91. The van der Waals surface area contributed by atoms with Gasteiger partial charge in [0.1, 0.15) is 17.3 Å². The Morgan fingerprint density at radius 3 is 2.50 bits per heavy atom. The highest BCUT2D eigenvalue weighted by Gasteiger charge is 2.29. The molecule has 1 amide bonds. The van der Waals surface area contributed by atoms with Gasteiger partial charge in [-0.05, 0) is 31.4 Å². The summed E-state index contributed by atoms with van der Waals surface area (Å²) >= 11 is 0. The Bertz CT molecular complexity index is 771. The van der Waals surface area contributed by atoms with Crippen molar-refractivity contribution in [1.82, 2.24) is 20.1 Å². The first-order valence-corrected chi connectivity index (χ1v) is 8.91. The van der Waals surface area contributed by atoms with Gasteiger partial charge in [-0.1, -0.05) is 39.8 Å². The fraction of sp³-hybridized carbons (Fsp3) is 0.526. The first-order chi connectivity index (χ1) is 12.2. The third-order valence-electron chi connectivity index (χ3n) is 4.16. The standard InChI is InChI=1S/C19H28FN5O/c1-12(2)10-19(5,11-21)23-18(26)16-22-17(13(3)4)25(24-16)15-9-7-6-8-14(15)20/h6-9,12-13H,10-11,21H2,1-5H3,(H,23,26). The van der Waals surface area contributed by atoms with Gasteiger partial charge in [-0.25, -0.2) is 14.1 Å². The van der Waals surface area contributed by atoms with Gasteiger partial charge in [-0.3, -0.25) is 4.79 Å². The van der Waals surface area contributed by atoms with Crippen molar-refractivity contribution in [2.24, 2.45) is 11.7 Å². The van der Waals surface area contributed by atoms with Crippen LogP contribution in [0, 0.1) is 11.7 Å². The number of amides is 1. The summed E-state index contributed by atoms with van der Waals surface area (Å²) in [5.74, 6) is 0.0617. The third-order valence-corrected chi connectivity index (χ3v) is 4.16. The number of hydrogen-bond donors (Lipinski definition) is 2. The van der Waals surface area contributed by atoms with E-state index in [0.717, 1.165) is 6.42 Å². The van der Waals surface area contributed by atoms with Crippen LogP contribution < -0.4 is 11.1 Å². The van der Waals surface area contributed by atoms with Crippen molar-refractivity contribution in [2.75, 3.05) is 6.54 Å². The molecule has 26 heavy (non-hydrogen) atoms. The molecular formula is C19H28FN5O. The molecule has 0 saturated carbocycles. The van der Waals surface area contributed by atoms with E-state index >= 15 is 0 Å². The summed E-state index contributed by atoms with van der Waals surface area (Å²) in [6.45, 7) is 10.2. The fourth-order valence-corrected chi connectivity index (χ4v) is 3.01. The van der Waals surface area contributed by atoms with Crippen LogP contribution in [0.2, 0.25) is 0 Å². The SMILES string of the molecule is CC(C)CC(C)(CN)NC(=O)c1nc(C(C)C)n(-c2ccccc2F)n1. The van der Waals surface area contributed by atoms with Crippen LogP contribution >= 0.6 is 0 Å². The van der Waals surface area contributed by atoms with Gasteiger partial charge in [0.05, 0.1) is 5.54 Å². The van der Waals surface area contributed by atoms with Crippen LogP contribution in [-0.2, 0) is 0 Å². The molecule has 0 bridgehead atoms. The fourth-order valence-electron chi connectivity index (χ4n) is 3.01. The second-order valence-corrected chi connectivity index (χ2v) is 7.63. The number of rotatable bonds is 7. The van der Waals surface area contributed by atoms with Crippen LogP contribution in [0.15, 0.2) is 24.3 Å². The minimum absolute atomic E-state index is 0.0142. The van der Waals surface area contributed by atoms with Crippen LogP contribution in [0.3, 0.4) is 0 Å². The molecule has 0 spiro atoms. The summed E-state index contributed by atoms with van der Waals surface area (Å²) in [5.41, 5.74) is 5.59. The Hall–Kier alpha value is -2.28. The summed E-state index contributed by atoms with van der Waals surface area (Å²) in [6.07, 6.45) is 0.736. The van der Waals surface area contributed by atoms with Crippen molar-refractivity contribution in [2.45, 2.75) is 52.5 Å². The lowest BCUT2D eigenvalue weighted by Gasteiger charge is -2.30. The molecule has 0 saturated heterocycles. The maximum absolute atomic E-state index is 14.2. The molecule has 3 N–H and O–H groups in total. The molecule has 2 aromatic rings. The number of hydrogen-bond acceptors (Lipinski definition) is 4. The Kier molecular flexibility index (Phi) is 6.13. The second kappa shape index (κ2) is 7.95. The first-order valence-electron chi connectivity index (χ1n) is 8.91. The predicted molar refractivity (Wildman–Crippen MR) is 99.8 cm³/mol. The van der Waals surface area contributed by atoms with Gasteiger partial charge in [0.2, 0.25) is 5.82 Å². The minimum Gasteiger partial charge on any atom is -0.343 e. The van der Waals surface area contributed by atoms with Gasteiger partial charge in [0, 0.05) is 12.5 Å². The number of nitrogens with one attached hydrogen (secondary N) is 1. The lowest BCUT2D eigenvalue weighted by atomic mass is 9.90. The summed E-state index contributed by atoms with van der Waals surface area (Å²) in [6, 6.07) is 6.30. The van der Waals surface area contributed by atoms with Crippen LogP contribution in [0.25, 0.3) is 5.69 Å². The number of nitrogens with two attached hydrogens (primary N) is 1. The predicted octanol–water partition coefficient (Wildman–Crippen LogP) is 3.02. The summed E-state index contributed by atoms with van der Waals surface area (Å²) < 4.78 is 15.6. The Balaban J connectivity index is 2.38. The molecular weight excluding hydrogens is 333 g/mol. The number of benzene rings is 1. The molecule has 142 valence electrons. The molecule has 0 radical (unpaired) electrons. The van der Waals surface area contributed by atoms with Crippen LogP contribution in [0.1, 0.15) is 63.4 Å². The minimum atomic E-state index is -0.549. The van der Waals surface area contributed by atoms with Gasteiger partial charge < -0.3 is 11.1 Å². The number of carbonyl (C=O) groups is 1. The zero-order chi connectivity index (χ0) is 19.5. The monoisotopic (exact) mass is 361 g/mol. The molecule has 1 atom stereocenters. The number of para-hydroxylation sites is 1. The normalized spacial score (nSPS) is 13.9. The van der Waals surface area contributed by atoms with E-state index < -0.39 is 17.3 Å². The van der Waals surface area contributed by atoms with Crippen molar-refractivity contribution in [1.29, 1.82) is 0 Å². The molecule has 6 nitrogen and oxygen atoms in total. The summed E-state index contributed by atoms with van der Waals surface area (Å²) in [4.78, 5) is 17.1. The first kappa shape index (κ1) is 20.0. The zero-order valence-corrected chi connectivity index (χ0v) is 16.1. The lowest BCUT2D eigenvalue weighted by Crippen LogP contribution is -2.52. The number of nitrogens with zero attached hydrogens (tertiary/aromatic N) is 3. The quantitative estimate of drug-likeness (QED) is 0.794. The maximum atomic E-state index is 14.2. The van der Waals surface area contributed by atoms with Gasteiger partial charge in [0.15, 0.2) is 0 Å². The maximum Gasteiger partial charge on any atom is 0.291 e. The topological polar surface area (TPSA) is 85.8 Å². The van der Waals surface area contributed by atoms with Gasteiger partial charge >= 0.3 is 0 Å². The highest BCUT2D eigenvalue weighted by atomic mass is 19.1. The van der Waals surface area contributed by atoms with Crippen molar-refractivity contribution >= 4 is 5.91 Å². The molecule has 0 fully saturated rings. The summed E-state index contributed by atoms with van der Waals surface area (Å²) in [7, 11) is 0. The van der Waals surface area contributed by atoms with E-state index in [-0.39, 0.29) is 17.4 Å². The summed E-state index contributed by atoms with van der Waals surface area (Å²) in [5, 5.41) is 7.21. The molecule has 1 aromatic carbocycles.